The second-order valence-corrected chi connectivity index (χ2v) is 6.53. The van der Waals surface area contributed by atoms with E-state index in [4.69, 9.17) is 0 Å². The van der Waals surface area contributed by atoms with Crippen LogP contribution in [0.1, 0.15) is 32.3 Å². The first-order valence-electron chi connectivity index (χ1n) is 6.67. The third kappa shape index (κ3) is 3.25. The van der Waals surface area contributed by atoms with E-state index in [1.807, 2.05) is 27.7 Å². The van der Waals surface area contributed by atoms with Crippen LogP contribution in [0.4, 0.5) is 5.69 Å². The number of amides is 1. The second kappa shape index (κ2) is 5.75. The van der Waals surface area contributed by atoms with Crippen LogP contribution in [0.25, 0.3) is 0 Å². The van der Waals surface area contributed by atoms with Crippen molar-refractivity contribution in [3.8, 4) is 0 Å². The molecule has 0 fully saturated rings. The van der Waals surface area contributed by atoms with E-state index in [1.165, 1.54) is 5.56 Å². The number of carbonyl (C=O) groups excluding carboxylic acids is 1. The number of anilines is 1. The lowest BCUT2D eigenvalue weighted by atomic mass is 10.0. The standard InChI is InChI=1S/C16H20N2OS/c1-9-6-10(2)16(11(3)7-9)18-15(19)8-14-12(4)17-13(5)20-14/h6-7H,8H2,1-5H3,(H,18,19). The van der Waals surface area contributed by atoms with Crippen LogP contribution in [-0.2, 0) is 11.2 Å². The van der Waals surface area contributed by atoms with Crippen LogP contribution < -0.4 is 5.32 Å². The van der Waals surface area contributed by atoms with Gasteiger partial charge in [-0.2, -0.15) is 0 Å². The van der Waals surface area contributed by atoms with E-state index in [9.17, 15) is 4.79 Å². The summed E-state index contributed by atoms with van der Waals surface area (Å²) in [6, 6.07) is 4.18. The number of carbonyl (C=O) groups is 1. The number of nitrogens with zero attached hydrogens (tertiary/aromatic N) is 1. The van der Waals surface area contributed by atoms with Crippen LogP contribution >= 0.6 is 11.3 Å². The molecule has 1 heterocycles. The Morgan fingerprint density at radius 3 is 2.25 bits per heavy atom. The molecule has 1 N–H and O–H groups in total. The maximum atomic E-state index is 12.2. The summed E-state index contributed by atoms with van der Waals surface area (Å²) in [5, 5.41) is 4.04. The van der Waals surface area contributed by atoms with Gasteiger partial charge in [0.05, 0.1) is 17.1 Å². The Kier molecular flexibility index (Phi) is 4.23. The minimum Gasteiger partial charge on any atom is -0.325 e. The minimum absolute atomic E-state index is 0.0202. The van der Waals surface area contributed by atoms with Gasteiger partial charge >= 0.3 is 0 Å². The van der Waals surface area contributed by atoms with Gasteiger partial charge in [-0.3, -0.25) is 4.79 Å². The first kappa shape index (κ1) is 14.7. The van der Waals surface area contributed by atoms with E-state index in [1.54, 1.807) is 11.3 Å². The van der Waals surface area contributed by atoms with Crippen LogP contribution in [0, 0.1) is 34.6 Å². The summed E-state index contributed by atoms with van der Waals surface area (Å²) in [6.07, 6.45) is 0.393. The lowest BCUT2D eigenvalue weighted by Gasteiger charge is -2.12. The maximum absolute atomic E-state index is 12.2. The SMILES string of the molecule is Cc1cc(C)c(NC(=O)Cc2sc(C)nc2C)c(C)c1. The number of aromatic nitrogens is 1. The zero-order valence-corrected chi connectivity index (χ0v) is 13.4. The van der Waals surface area contributed by atoms with Gasteiger partial charge in [-0.1, -0.05) is 17.7 Å². The first-order valence-corrected chi connectivity index (χ1v) is 7.49. The maximum Gasteiger partial charge on any atom is 0.229 e. The highest BCUT2D eigenvalue weighted by molar-refractivity contribution is 7.11. The van der Waals surface area contributed by atoms with E-state index < -0.39 is 0 Å². The van der Waals surface area contributed by atoms with E-state index in [2.05, 4.69) is 29.4 Å². The van der Waals surface area contributed by atoms with Crippen LogP contribution in [0.3, 0.4) is 0 Å². The van der Waals surface area contributed by atoms with Crippen molar-refractivity contribution in [3.05, 3.63) is 44.4 Å². The number of nitrogens with one attached hydrogen (secondary N) is 1. The van der Waals surface area contributed by atoms with Crippen LogP contribution in [0.2, 0.25) is 0 Å². The molecule has 0 saturated heterocycles. The molecule has 2 aromatic rings. The fraction of sp³-hybridized carbons (Fsp3) is 0.375. The number of hydrogen-bond donors (Lipinski definition) is 1. The molecule has 2 rings (SSSR count). The third-order valence-electron chi connectivity index (χ3n) is 3.26. The molecule has 0 atom stereocenters. The van der Waals surface area contributed by atoms with Crippen molar-refractivity contribution in [3.63, 3.8) is 0 Å². The number of hydrogen-bond acceptors (Lipinski definition) is 3. The van der Waals surface area contributed by atoms with Gasteiger partial charge in [-0.25, -0.2) is 4.98 Å². The van der Waals surface area contributed by atoms with Gasteiger partial charge in [0.2, 0.25) is 5.91 Å². The fourth-order valence-electron chi connectivity index (χ4n) is 2.44. The van der Waals surface area contributed by atoms with Gasteiger partial charge in [-0.15, -0.1) is 11.3 Å². The summed E-state index contributed by atoms with van der Waals surface area (Å²) in [5.74, 6) is 0.0202. The van der Waals surface area contributed by atoms with Gasteiger partial charge < -0.3 is 5.32 Å². The highest BCUT2D eigenvalue weighted by atomic mass is 32.1. The first-order chi connectivity index (χ1) is 9.36. The molecule has 3 nitrogen and oxygen atoms in total. The number of thiazole rings is 1. The van der Waals surface area contributed by atoms with Crippen LogP contribution in [-0.4, -0.2) is 10.9 Å². The molecule has 1 amide bonds. The molecule has 0 saturated carbocycles. The number of aryl methyl sites for hydroxylation is 5. The predicted octanol–water partition coefficient (Wildman–Crippen LogP) is 3.87. The Labute approximate surface area is 124 Å². The van der Waals surface area contributed by atoms with Crippen molar-refractivity contribution in [2.45, 2.75) is 41.0 Å². The van der Waals surface area contributed by atoms with Crippen molar-refractivity contribution in [2.24, 2.45) is 0 Å². The van der Waals surface area contributed by atoms with Crippen LogP contribution in [0.15, 0.2) is 12.1 Å². The monoisotopic (exact) mass is 288 g/mol. The van der Waals surface area contributed by atoms with Crippen LogP contribution in [0.5, 0.6) is 0 Å². The Morgan fingerprint density at radius 2 is 1.75 bits per heavy atom. The number of rotatable bonds is 3. The van der Waals surface area contributed by atoms with Crippen molar-refractivity contribution in [1.82, 2.24) is 4.98 Å². The zero-order chi connectivity index (χ0) is 14.9. The molecular weight excluding hydrogens is 268 g/mol. The summed E-state index contributed by atoms with van der Waals surface area (Å²) in [4.78, 5) is 17.6. The Bertz CT molecular complexity index is 635. The largest absolute Gasteiger partial charge is 0.325 e. The van der Waals surface area contributed by atoms with E-state index in [0.717, 1.165) is 32.4 Å². The molecule has 0 unspecified atom stereocenters. The highest BCUT2D eigenvalue weighted by Crippen LogP contribution is 2.23. The molecule has 20 heavy (non-hydrogen) atoms. The van der Waals surface area contributed by atoms with Gasteiger partial charge in [0.1, 0.15) is 0 Å². The molecule has 0 aliphatic rings. The summed E-state index contributed by atoms with van der Waals surface area (Å²) in [6.45, 7) is 10.0. The van der Waals surface area contributed by atoms with E-state index in [0.29, 0.717) is 6.42 Å². The molecule has 1 aromatic heterocycles. The van der Waals surface area contributed by atoms with Gasteiger partial charge in [-0.05, 0) is 45.7 Å². The highest BCUT2D eigenvalue weighted by Gasteiger charge is 2.12. The third-order valence-corrected chi connectivity index (χ3v) is 4.34. The average molecular weight is 288 g/mol. The summed E-state index contributed by atoms with van der Waals surface area (Å²) >= 11 is 1.59. The topological polar surface area (TPSA) is 42.0 Å². The molecular formula is C16H20N2OS. The number of benzene rings is 1. The smallest absolute Gasteiger partial charge is 0.229 e. The molecule has 0 aliphatic carbocycles. The quantitative estimate of drug-likeness (QED) is 0.931. The second-order valence-electron chi connectivity index (χ2n) is 5.24. The average Bonchev–Trinajstić information content (AvgIpc) is 2.62. The van der Waals surface area contributed by atoms with Gasteiger partial charge in [0, 0.05) is 10.6 Å². The molecule has 4 heteroatoms. The fourth-order valence-corrected chi connectivity index (χ4v) is 3.38. The normalized spacial score (nSPS) is 10.7. The Balaban J connectivity index is 2.15. The molecule has 0 aliphatic heterocycles. The van der Waals surface area contributed by atoms with Crippen molar-refractivity contribution < 1.29 is 4.79 Å². The molecule has 0 radical (unpaired) electrons. The Morgan fingerprint density at radius 1 is 1.15 bits per heavy atom. The van der Waals surface area contributed by atoms with Gasteiger partial charge in [0.25, 0.3) is 0 Å². The summed E-state index contributed by atoms with van der Waals surface area (Å²) in [7, 11) is 0. The predicted molar refractivity (Wildman–Crippen MR) is 84.6 cm³/mol. The summed E-state index contributed by atoms with van der Waals surface area (Å²) in [5.41, 5.74) is 5.31. The van der Waals surface area contributed by atoms with Crippen molar-refractivity contribution in [1.29, 1.82) is 0 Å². The van der Waals surface area contributed by atoms with Crippen molar-refractivity contribution >= 4 is 22.9 Å². The molecule has 1 aromatic carbocycles. The van der Waals surface area contributed by atoms with Crippen molar-refractivity contribution in [2.75, 3.05) is 5.32 Å². The van der Waals surface area contributed by atoms with Gasteiger partial charge in [0.15, 0.2) is 0 Å². The van der Waals surface area contributed by atoms with E-state index >= 15 is 0 Å². The van der Waals surface area contributed by atoms with E-state index in [-0.39, 0.29) is 5.91 Å². The lowest BCUT2D eigenvalue weighted by molar-refractivity contribution is -0.115. The summed E-state index contributed by atoms with van der Waals surface area (Å²) < 4.78 is 0. The minimum atomic E-state index is 0.0202. The zero-order valence-electron chi connectivity index (χ0n) is 12.6. The molecule has 0 bridgehead atoms. The molecule has 106 valence electrons. The molecule has 0 spiro atoms. The Hall–Kier alpha value is -1.68. The lowest BCUT2D eigenvalue weighted by Crippen LogP contribution is -2.16.